The molecule has 0 aliphatic carbocycles. The summed E-state index contributed by atoms with van der Waals surface area (Å²) in [5.74, 6) is 0.735. The number of benzene rings is 2. The maximum absolute atomic E-state index is 12.3. The molecule has 2 aromatic carbocycles. The molecule has 0 saturated carbocycles. The molecule has 2 aromatic heterocycles. The fourth-order valence-corrected chi connectivity index (χ4v) is 3.73. The van der Waals surface area contributed by atoms with Gasteiger partial charge in [0.2, 0.25) is 0 Å². The normalized spacial score (nSPS) is 10.6. The summed E-state index contributed by atoms with van der Waals surface area (Å²) < 4.78 is 17.6. The summed E-state index contributed by atoms with van der Waals surface area (Å²) in [6, 6.07) is 15.4. The van der Waals surface area contributed by atoms with E-state index in [4.69, 9.17) is 14.2 Å². The Bertz CT molecular complexity index is 1170. The molecule has 0 aliphatic heterocycles. The van der Waals surface area contributed by atoms with Gasteiger partial charge in [0.25, 0.3) is 0 Å². The molecule has 2 heterocycles. The molecule has 9 heteroatoms. The number of thiazole rings is 1. The van der Waals surface area contributed by atoms with Crippen molar-refractivity contribution < 1.29 is 19.0 Å². The molecule has 31 heavy (non-hydrogen) atoms. The number of hydrogen-bond acceptors (Lipinski definition) is 8. The molecule has 0 atom stereocenters. The van der Waals surface area contributed by atoms with Gasteiger partial charge in [-0.2, -0.15) is 0 Å². The first kappa shape index (κ1) is 20.5. The molecule has 0 spiro atoms. The highest BCUT2D eigenvalue weighted by Crippen LogP contribution is 2.33. The monoisotopic (exact) mass is 436 g/mol. The van der Waals surface area contributed by atoms with Gasteiger partial charge >= 0.3 is 5.97 Å². The molecule has 0 N–H and O–H groups in total. The highest BCUT2D eigenvalue weighted by molar-refractivity contribution is 7.13. The third-order valence-electron chi connectivity index (χ3n) is 4.47. The molecule has 8 nitrogen and oxygen atoms in total. The highest BCUT2D eigenvalue weighted by atomic mass is 32.1. The summed E-state index contributed by atoms with van der Waals surface area (Å²) in [5.41, 5.74) is 2.77. The summed E-state index contributed by atoms with van der Waals surface area (Å²) >= 11 is 1.46. The molecule has 158 valence electrons. The van der Waals surface area contributed by atoms with Gasteiger partial charge in [-0.05, 0) is 23.8 Å². The summed E-state index contributed by atoms with van der Waals surface area (Å²) in [7, 11) is 3.18. The largest absolute Gasteiger partial charge is 0.493 e. The molecule has 0 bridgehead atoms. The number of aromatic nitrogens is 4. The van der Waals surface area contributed by atoms with Crippen molar-refractivity contribution in [3.8, 4) is 22.1 Å². The van der Waals surface area contributed by atoms with E-state index < -0.39 is 5.97 Å². The van der Waals surface area contributed by atoms with Crippen molar-refractivity contribution >= 4 is 17.3 Å². The van der Waals surface area contributed by atoms with Crippen LogP contribution in [0.1, 0.15) is 21.7 Å². The average Bonchev–Trinajstić information content (AvgIpc) is 3.47. The Balaban J connectivity index is 1.37. The van der Waals surface area contributed by atoms with E-state index in [1.807, 2.05) is 53.9 Å². The predicted octanol–water partition coefficient (Wildman–Crippen LogP) is 3.82. The first-order valence-electron chi connectivity index (χ1n) is 9.44. The van der Waals surface area contributed by atoms with Gasteiger partial charge in [0.05, 0.1) is 32.7 Å². The van der Waals surface area contributed by atoms with Crippen LogP contribution in [-0.4, -0.2) is 40.2 Å². The van der Waals surface area contributed by atoms with Gasteiger partial charge in [-0.3, -0.25) is 0 Å². The minimum absolute atomic E-state index is 0.0498. The van der Waals surface area contributed by atoms with E-state index in [0.717, 1.165) is 16.1 Å². The van der Waals surface area contributed by atoms with Gasteiger partial charge in [-0.25, -0.2) is 14.5 Å². The quantitative estimate of drug-likeness (QED) is 0.388. The molecule has 0 fully saturated rings. The van der Waals surface area contributed by atoms with Gasteiger partial charge in [0, 0.05) is 10.9 Å². The van der Waals surface area contributed by atoms with Crippen molar-refractivity contribution in [1.82, 2.24) is 20.0 Å². The van der Waals surface area contributed by atoms with Crippen LogP contribution in [0.3, 0.4) is 0 Å². The predicted molar refractivity (Wildman–Crippen MR) is 115 cm³/mol. The first-order valence-corrected chi connectivity index (χ1v) is 10.3. The summed E-state index contributed by atoms with van der Waals surface area (Å²) in [4.78, 5) is 16.9. The zero-order valence-corrected chi connectivity index (χ0v) is 17.8. The molecular formula is C22H20N4O4S. The first-order chi connectivity index (χ1) is 15.2. The second-order valence-electron chi connectivity index (χ2n) is 6.58. The maximum Gasteiger partial charge on any atom is 0.360 e. The molecule has 0 aliphatic rings. The van der Waals surface area contributed by atoms with E-state index in [9.17, 15) is 4.79 Å². The highest BCUT2D eigenvalue weighted by Gasteiger charge is 2.15. The molecule has 0 unspecified atom stereocenters. The third-order valence-corrected chi connectivity index (χ3v) is 5.41. The van der Waals surface area contributed by atoms with Crippen LogP contribution in [0.4, 0.5) is 0 Å². The van der Waals surface area contributed by atoms with Gasteiger partial charge in [0.1, 0.15) is 11.6 Å². The molecule has 0 radical (unpaired) electrons. The van der Waals surface area contributed by atoms with Crippen LogP contribution >= 0.6 is 11.3 Å². The number of carbonyl (C=O) groups is 1. The Kier molecular flexibility index (Phi) is 6.23. The topological polar surface area (TPSA) is 88.4 Å². The summed E-state index contributed by atoms with van der Waals surface area (Å²) in [6.45, 7) is 0.579. The van der Waals surface area contributed by atoms with Crippen LogP contribution in [0.25, 0.3) is 10.6 Å². The number of hydrogen-bond donors (Lipinski definition) is 0. The van der Waals surface area contributed by atoms with Crippen LogP contribution in [0.15, 0.2) is 60.1 Å². The number of nitrogens with zero attached hydrogens (tertiary/aromatic N) is 4. The lowest BCUT2D eigenvalue weighted by Crippen LogP contribution is -2.06. The average molecular weight is 436 g/mol. The third kappa shape index (κ3) is 4.89. The number of methoxy groups -OCH3 is 2. The number of ether oxygens (including phenoxy) is 3. The maximum atomic E-state index is 12.3. The van der Waals surface area contributed by atoms with E-state index in [1.165, 1.54) is 11.3 Å². The smallest absolute Gasteiger partial charge is 0.360 e. The molecular weight excluding hydrogens is 416 g/mol. The van der Waals surface area contributed by atoms with Gasteiger partial charge in [-0.15, -0.1) is 16.4 Å². The molecule has 4 rings (SSSR count). The van der Waals surface area contributed by atoms with Crippen molar-refractivity contribution in [3.63, 3.8) is 0 Å². The standard InChI is InChI=1S/C22H20N4O4S/c1-28-19-9-8-16(10-20(19)29-2)21-23-17(14-31-21)13-30-22(27)18-12-26(25-24-18)11-15-6-4-3-5-7-15/h3-10,12,14H,11,13H2,1-2H3. The Hall–Kier alpha value is -3.72. The Morgan fingerprint density at radius 3 is 2.65 bits per heavy atom. The molecule has 0 amide bonds. The Morgan fingerprint density at radius 1 is 1.06 bits per heavy atom. The second kappa shape index (κ2) is 9.40. The SMILES string of the molecule is COc1ccc(-c2nc(COC(=O)c3cn(Cc4ccccc4)nn3)cs2)cc1OC. The fraction of sp³-hybridized carbons (Fsp3) is 0.182. The van der Waals surface area contributed by atoms with Gasteiger partial charge < -0.3 is 14.2 Å². The fourth-order valence-electron chi connectivity index (χ4n) is 2.93. The lowest BCUT2D eigenvalue weighted by atomic mass is 10.2. The van der Waals surface area contributed by atoms with Crippen molar-refractivity contribution in [2.24, 2.45) is 0 Å². The van der Waals surface area contributed by atoms with E-state index in [1.54, 1.807) is 25.1 Å². The lowest BCUT2D eigenvalue weighted by molar-refractivity contribution is 0.0461. The van der Waals surface area contributed by atoms with Crippen molar-refractivity contribution in [2.75, 3.05) is 14.2 Å². The van der Waals surface area contributed by atoms with E-state index in [2.05, 4.69) is 15.3 Å². The van der Waals surface area contributed by atoms with E-state index in [0.29, 0.717) is 23.7 Å². The van der Waals surface area contributed by atoms with Crippen LogP contribution in [-0.2, 0) is 17.9 Å². The van der Waals surface area contributed by atoms with Gasteiger partial charge in [-0.1, -0.05) is 35.5 Å². The van der Waals surface area contributed by atoms with Crippen LogP contribution in [0.2, 0.25) is 0 Å². The van der Waals surface area contributed by atoms with Crippen molar-refractivity contribution in [3.05, 3.63) is 77.1 Å². The van der Waals surface area contributed by atoms with Gasteiger partial charge in [0.15, 0.2) is 17.2 Å². The van der Waals surface area contributed by atoms with E-state index in [-0.39, 0.29) is 12.3 Å². The number of rotatable bonds is 8. The van der Waals surface area contributed by atoms with E-state index >= 15 is 0 Å². The minimum Gasteiger partial charge on any atom is -0.493 e. The summed E-state index contributed by atoms with van der Waals surface area (Å²) in [5, 5.41) is 10.5. The van der Waals surface area contributed by atoms with Crippen LogP contribution in [0, 0.1) is 0 Å². The lowest BCUT2D eigenvalue weighted by Gasteiger charge is -2.08. The van der Waals surface area contributed by atoms with Crippen molar-refractivity contribution in [2.45, 2.75) is 13.2 Å². The zero-order chi connectivity index (χ0) is 21.6. The van der Waals surface area contributed by atoms with Crippen molar-refractivity contribution in [1.29, 1.82) is 0 Å². The molecule has 0 saturated heterocycles. The second-order valence-corrected chi connectivity index (χ2v) is 7.43. The molecule has 4 aromatic rings. The zero-order valence-electron chi connectivity index (χ0n) is 17.0. The number of esters is 1. The summed E-state index contributed by atoms with van der Waals surface area (Å²) in [6.07, 6.45) is 1.57. The number of carbonyl (C=O) groups excluding carboxylic acids is 1. The Labute approximate surface area is 183 Å². The van der Waals surface area contributed by atoms with Crippen LogP contribution < -0.4 is 9.47 Å². The Morgan fingerprint density at radius 2 is 1.87 bits per heavy atom. The minimum atomic E-state index is -0.542. The van der Waals surface area contributed by atoms with Crippen LogP contribution in [0.5, 0.6) is 11.5 Å².